The van der Waals surface area contributed by atoms with Gasteiger partial charge in [0.25, 0.3) is 0 Å². The lowest BCUT2D eigenvalue weighted by atomic mass is 10.3. The molecule has 3 nitrogen and oxygen atoms in total. The molecule has 1 aromatic carbocycles. The summed E-state index contributed by atoms with van der Waals surface area (Å²) in [6.07, 6.45) is 0. The molecule has 1 amide bonds. The first-order chi connectivity index (χ1) is 7.49. The highest BCUT2D eigenvalue weighted by Crippen LogP contribution is 2.26. The first-order valence-corrected chi connectivity index (χ1v) is 6.32. The molecule has 0 aromatic heterocycles. The Balaban J connectivity index is 2.48. The van der Waals surface area contributed by atoms with E-state index in [1.165, 1.54) is 11.8 Å². The molecule has 0 bridgehead atoms. The molecule has 16 heavy (non-hydrogen) atoms. The number of hydrogen-bond acceptors (Lipinski definition) is 3. The SMILES string of the molecule is CC(C)NC(=O)CSc1ccc(N)c(Cl)c1. The summed E-state index contributed by atoms with van der Waals surface area (Å²) in [5.41, 5.74) is 6.14. The molecule has 88 valence electrons. The number of nitrogens with two attached hydrogens (primary N) is 1. The van der Waals surface area contributed by atoms with Crippen LogP contribution in [0.2, 0.25) is 5.02 Å². The summed E-state index contributed by atoms with van der Waals surface area (Å²) in [6, 6.07) is 5.53. The second kappa shape index (κ2) is 6.01. The lowest BCUT2D eigenvalue weighted by Crippen LogP contribution is -2.31. The Hall–Kier alpha value is -0.870. The fraction of sp³-hybridized carbons (Fsp3) is 0.364. The van der Waals surface area contributed by atoms with Crippen molar-refractivity contribution in [3.8, 4) is 0 Å². The van der Waals surface area contributed by atoms with Crippen LogP contribution in [0.25, 0.3) is 0 Å². The van der Waals surface area contributed by atoms with Crippen molar-refractivity contribution in [2.24, 2.45) is 0 Å². The van der Waals surface area contributed by atoms with Crippen LogP contribution in [-0.4, -0.2) is 17.7 Å². The Labute approximate surface area is 105 Å². The third-order valence-corrected chi connectivity index (χ3v) is 3.11. The second-order valence-electron chi connectivity index (χ2n) is 3.69. The van der Waals surface area contributed by atoms with Gasteiger partial charge >= 0.3 is 0 Å². The molecule has 0 saturated carbocycles. The molecule has 1 aromatic rings. The van der Waals surface area contributed by atoms with Crippen molar-refractivity contribution in [2.75, 3.05) is 11.5 Å². The van der Waals surface area contributed by atoms with Gasteiger partial charge in [-0.2, -0.15) is 0 Å². The van der Waals surface area contributed by atoms with E-state index in [9.17, 15) is 4.79 Å². The summed E-state index contributed by atoms with van der Waals surface area (Å²) in [5, 5.41) is 3.34. The maximum atomic E-state index is 11.4. The fourth-order valence-electron chi connectivity index (χ4n) is 1.11. The van der Waals surface area contributed by atoms with Crippen molar-refractivity contribution in [1.29, 1.82) is 0 Å². The topological polar surface area (TPSA) is 55.1 Å². The quantitative estimate of drug-likeness (QED) is 0.645. The number of halogens is 1. The molecule has 0 fully saturated rings. The lowest BCUT2D eigenvalue weighted by molar-refractivity contribution is -0.119. The van der Waals surface area contributed by atoms with Gasteiger partial charge in [-0.3, -0.25) is 4.79 Å². The average molecular weight is 259 g/mol. The van der Waals surface area contributed by atoms with Crippen molar-refractivity contribution in [3.05, 3.63) is 23.2 Å². The number of carbonyl (C=O) groups is 1. The Kier molecular flexibility index (Phi) is 4.96. The minimum atomic E-state index is 0.0212. The van der Waals surface area contributed by atoms with E-state index in [2.05, 4.69) is 5.32 Å². The molecule has 0 radical (unpaired) electrons. The summed E-state index contributed by atoms with van der Waals surface area (Å²) >= 11 is 7.32. The number of anilines is 1. The third kappa shape index (κ3) is 4.33. The number of amides is 1. The molecule has 0 aliphatic rings. The highest BCUT2D eigenvalue weighted by atomic mass is 35.5. The number of nitrogen functional groups attached to an aromatic ring is 1. The standard InChI is InChI=1S/C11H15ClN2OS/c1-7(2)14-11(15)6-16-8-3-4-10(13)9(12)5-8/h3-5,7H,6,13H2,1-2H3,(H,14,15). The van der Waals surface area contributed by atoms with Gasteiger partial charge in [0.15, 0.2) is 0 Å². The largest absolute Gasteiger partial charge is 0.398 e. The summed E-state index contributed by atoms with van der Waals surface area (Å²) in [7, 11) is 0. The smallest absolute Gasteiger partial charge is 0.230 e. The zero-order valence-electron chi connectivity index (χ0n) is 9.29. The summed E-state index contributed by atoms with van der Waals surface area (Å²) < 4.78 is 0. The van der Waals surface area contributed by atoms with Crippen LogP contribution in [0.5, 0.6) is 0 Å². The number of benzene rings is 1. The van der Waals surface area contributed by atoms with Gasteiger partial charge in [-0.15, -0.1) is 11.8 Å². The van der Waals surface area contributed by atoms with Gasteiger partial charge in [0.2, 0.25) is 5.91 Å². The maximum Gasteiger partial charge on any atom is 0.230 e. The van der Waals surface area contributed by atoms with Gasteiger partial charge < -0.3 is 11.1 Å². The van der Waals surface area contributed by atoms with Gasteiger partial charge in [0, 0.05) is 10.9 Å². The fourth-order valence-corrected chi connectivity index (χ4v) is 2.10. The molecule has 0 atom stereocenters. The molecule has 0 aliphatic heterocycles. The Morgan fingerprint density at radius 1 is 1.56 bits per heavy atom. The van der Waals surface area contributed by atoms with Crippen LogP contribution in [0.1, 0.15) is 13.8 Å². The van der Waals surface area contributed by atoms with Gasteiger partial charge in [0.1, 0.15) is 0 Å². The lowest BCUT2D eigenvalue weighted by Gasteiger charge is -2.08. The zero-order chi connectivity index (χ0) is 12.1. The van der Waals surface area contributed by atoms with E-state index in [1.807, 2.05) is 19.9 Å². The van der Waals surface area contributed by atoms with E-state index < -0.39 is 0 Å². The number of thioether (sulfide) groups is 1. The molecule has 0 heterocycles. The Morgan fingerprint density at radius 2 is 2.25 bits per heavy atom. The summed E-state index contributed by atoms with van der Waals surface area (Å²) in [5.74, 6) is 0.409. The van der Waals surface area contributed by atoms with Crippen molar-refractivity contribution in [1.82, 2.24) is 5.32 Å². The van der Waals surface area contributed by atoms with Crippen LogP contribution in [0, 0.1) is 0 Å². The van der Waals surface area contributed by atoms with E-state index in [-0.39, 0.29) is 11.9 Å². The van der Waals surface area contributed by atoms with Crippen LogP contribution in [0.4, 0.5) is 5.69 Å². The molecule has 1 rings (SSSR count). The van der Waals surface area contributed by atoms with E-state index in [1.54, 1.807) is 12.1 Å². The maximum absolute atomic E-state index is 11.4. The van der Waals surface area contributed by atoms with Crippen molar-refractivity contribution >= 4 is 35.0 Å². The van der Waals surface area contributed by atoms with Crippen LogP contribution in [0.3, 0.4) is 0 Å². The second-order valence-corrected chi connectivity index (χ2v) is 5.15. The van der Waals surface area contributed by atoms with Crippen molar-refractivity contribution in [2.45, 2.75) is 24.8 Å². The molecular weight excluding hydrogens is 244 g/mol. The van der Waals surface area contributed by atoms with Crippen molar-refractivity contribution in [3.63, 3.8) is 0 Å². The van der Waals surface area contributed by atoms with Crippen LogP contribution in [0.15, 0.2) is 23.1 Å². The predicted molar refractivity (Wildman–Crippen MR) is 69.9 cm³/mol. The predicted octanol–water partition coefficient (Wildman–Crippen LogP) is 2.54. The van der Waals surface area contributed by atoms with Gasteiger partial charge in [-0.25, -0.2) is 0 Å². The molecule has 0 spiro atoms. The molecule has 0 saturated heterocycles. The van der Waals surface area contributed by atoms with E-state index in [0.717, 1.165) is 4.90 Å². The highest BCUT2D eigenvalue weighted by Gasteiger charge is 2.05. The zero-order valence-corrected chi connectivity index (χ0v) is 10.9. The summed E-state index contributed by atoms with van der Waals surface area (Å²) in [4.78, 5) is 12.3. The first-order valence-electron chi connectivity index (χ1n) is 4.96. The van der Waals surface area contributed by atoms with Crippen LogP contribution >= 0.6 is 23.4 Å². The number of nitrogens with one attached hydrogen (secondary N) is 1. The Morgan fingerprint density at radius 3 is 2.81 bits per heavy atom. The molecule has 5 heteroatoms. The number of rotatable bonds is 4. The first kappa shape index (κ1) is 13.2. The monoisotopic (exact) mass is 258 g/mol. The normalized spacial score (nSPS) is 10.5. The molecule has 3 N–H and O–H groups in total. The molecular formula is C11H15ClN2OS. The molecule has 0 aliphatic carbocycles. The van der Waals surface area contributed by atoms with Crippen LogP contribution in [-0.2, 0) is 4.79 Å². The molecule has 0 unspecified atom stereocenters. The Bertz CT molecular complexity index is 382. The van der Waals surface area contributed by atoms with Crippen molar-refractivity contribution < 1.29 is 4.79 Å². The van der Waals surface area contributed by atoms with E-state index >= 15 is 0 Å². The van der Waals surface area contributed by atoms with E-state index in [0.29, 0.717) is 16.5 Å². The van der Waals surface area contributed by atoms with E-state index in [4.69, 9.17) is 17.3 Å². The minimum absolute atomic E-state index is 0.0212. The third-order valence-electron chi connectivity index (χ3n) is 1.79. The highest BCUT2D eigenvalue weighted by molar-refractivity contribution is 8.00. The van der Waals surface area contributed by atoms with Gasteiger partial charge in [-0.1, -0.05) is 11.6 Å². The summed E-state index contributed by atoms with van der Waals surface area (Å²) in [6.45, 7) is 3.87. The van der Waals surface area contributed by atoms with Gasteiger partial charge in [-0.05, 0) is 32.0 Å². The van der Waals surface area contributed by atoms with Crippen LogP contribution < -0.4 is 11.1 Å². The minimum Gasteiger partial charge on any atom is -0.398 e. The number of hydrogen-bond donors (Lipinski definition) is 2. The number of carbonyl (C=O) groups excluding carboxylic acids is 1. The average Bonchev–Trinajstić information content (AvgIpc) is 2.19. The van der Waals surface area contributed by atoms with Gasteiger partial charge in [0.05, 0.1) is 16.5 Å².